The fourth-order valence-electron chi connectivity index (χ4n) is 2.64. The quantitative estimate of drug-likeness (QED) is 0.465. The predicted octanol–water partition coefficient (Wildman–Crippen LogP) is 5.71. The summed E-state index contributed by atoms with van der Waals surface area (Å²) in [6.45, 7) is 3.69. The van der Waals surface area contributed by atoms with E-state index in [9.17, 15) is 4.79 Å². The van der Waals surface area contributed by atoms with E-state index in [2.05, 4.69) is 16.5 Å². The Balaban J connectivity index is 1.71. The monoisotopic (exact) mass is 401 g/mol. The molecule has 5 nitrogen and oxygen atoms in total. The summed E-state index contributed by atoms with van der Waals surface area (Å²) in [7, 11) is 0. The first kappa shape index (κ1) is 17.1. The van der Waals surface area contributed by atoms with Crippen LogP contribution in [0.3, 0.4) is 0 Å². The molecule has 1 N–H and O–H groups in total. The fourth-order valence-corrected chi connectivity index (χ4v) is 5.25. The lowest BCUT2D eigenvalue weighted by Crippen LogP contribution is -2.14. The van der Waals surface area contributed by atoms with Crippen LogP contribution in [0.4, 0.5) is 5.13 Å². The Morgan fingerprint density at radius 1 is 1.19 bits per heavy atom. The van der Waals surface area contributed by atoms with Crippen molar-refractivity contribution >= 4 is 45.0 Å². The number of thiazole rings is 1. The molecule has 0 bridgehead atoms. The van der Waals surface area contributed by atoms with Crippen LogP contribution in [0.25, 0.3) is 20.3 Å². The zero-order chi connectivity index (χ0) is 18.1. The van der Waals surface area contributed by atoms with Crippen LogP contribution in [0.15, 0.2) is 39.5 Å². The van der Waals surface area contributed by atoms with Crippen LogP contribution in [0.5, 0.6) is 0 Å². The molecule has 0 fully saturated rings. The average Bonchev–Trinajstić information content (AvgIpc) is 3.40. The molecule has 4 rings (SSSR count). The molecule has 0 aliphatic rings. The van der Waals surface area contributed by atoms with Crippen LogP contribution in [-0.4, -0.2) is 16.0 Å². The molecule has 0 aliphatic heterocycles. The number of carbonyl (C=O) groups excluding carboxylic acids is 1. The summed E-state index contributed by atoms with van der Waals surface area (Å²) >= 11 is 4.78. The third-order valence-corrected chi connectivity index (χ3v) is 6.74. The lowest BCUT2D eigenvalue weighted by atomic mass is 10.1. The summed E-state index contributed by atoms with van der Waals surface area (Å²) < 4.78 is 5.17. The van der Waals surface area contributed by atoms with Crippen molar-refractivity contribution in [3.8, 4) is 20.3 Å². The molecule has 0 atom stereocenters. The van der Waals surface area contributed by atoms with E-state index in [4.69, 9.17) is 9.51 Å². The summed E-state index contributed by atoms with van der Waals surface area (Å²) in [5.74, 6) is 0.290. The molecule has 8 heteroatoms. The molecule has 0 saturated carbocycles. The van der Waals surface area contributed by atoms with Gasteiger partial charge in [-0.25, -0.2) is 4.98 Å². The number of aromatic nitrogens is 2. The van der Waals surface area contributed by atoms with Gasteiger partial charge < -0.3 is 4.52 Å². The molecule has 4 aromatic rings. The number of thiophene rings is 2. The van der Waals surface area contributed by atoms with Gasteiger partial charge in [-0.05, 0) is 36.2 Å². The van der Waals surface area contributed by atoms with E-state index in [0.717, 1.165) is 20.3 Å². The number of hydrogen-bond acceptors (Lipinski definition) is 7. The SMILES string of the molecule is CCc1noc(C)c1C(=O)Nc1nc(-c2cccs2)c(-c2cccs2)s1. The summed E-state index contributed by atoms with van der Waals surface area (Å²) in [5.41, 5.74) is 2.06. The van der Waals surface area contributed by atoms with Gasteiger partial charge >= 0.3 is 0 Å². The van der Waals surface area contributed by atoms with E-state index >= 15 is 0 Å². The van der Waals surface area contributed by atoms with Crippen LogP contribution in [0.1, 0.15) is 28.7 Å². The fraction of sp³-hybridized carbons (Fsp3) is 0.167. The topological polar surface area (TPSA) is 68.0 Å². The van der Waals surface area contributed by atoms with Gasteiger partial charge in [-0.3, -0.25) is 10.1 Å². The highest BCUT2D eigenvalue weighted by Crippen LogP contribution is 2.42. The highest BCUT2D eigenvalue weighted by Gasteiger charge is 2.22. The van der Waals surface area contributed by atoms with Gasteiger partial charge in [-0.1, -0.05) is 35.5 Å². The lowest BCUT2D eigenvalue weighted by Gasteiger charge is -2.01. The Hall–Kier alpha value is -2.29. The minimum atomic E-state index is -0.232. The Kier molecular flexibility index (Phi) is 4.71. The number of carbonyl (C=O) groups is 1. The van der Waals surface area contributed by atoms with Gasteiger partial charge in [-0.2, -0.15) is 0 Å². The van der Waals surface area contributed by atoms with Crippen LogP contribution in [0, 0.1) is 6.92 Å². The first-order valence-corrected chi connectivity index (χ1v) is 10.6. The molecule has 0 aromatic carbocycles. The maximum Gasteiger partial charge on any atom is 0.262 e. The van der Waals surface area contributed by atoms with Gasteiger partial charge in [0, 0.05) is 4.88 Å². The van der Waals surface area contributed by atoms with E-state index in [0.29, 0.717) is 28.6 Å². The molecule has 4 aromatic heterocycles. The van der Waals surface area contributed by atoms with Crippen molar-refractivity contribution in [2.24, 2.45) is 0 Å². The van der Waals surface area contributed by atoms with Gasteiger partial charge in [-0.15, -0.1) is 22.7 Å². The summed E-state index contributed by atoms with van der Waals surface area (Å²) in [6, 6.07) is 8.13. The first-order valence-electron chi connectivity index (χ1n) is 8.02. The maximum atomic E-state index is 12.7. The van der Waals surface area contributed by atoms with Crippen LogP contribution in [0.2, 0.25) is 0 Å². The van der Waals surface area contributed by atoms with Gasteiger partial charge in [0.2, 0.25) is 0 Å². The highest BCUT2D eigenvalue weighted by molar-refractivity contribution is 7.24. The van der Waals surface area contributed by atoms with Crippen LogP contribution in [-0.2, 0) is 6.42 Å². The second kappa shape index (κ2) is 7.14. The van der Waals surface area contributed by atoms with E-state index in [1.54, 1.807) is 29.6 Å². The third kappa shape index (κ3) is 3.11. The van der Waals surface area contributed by atoms with Crippen molar-refractivity contribution in [1.29, 1.82) is 0 Å². The zero-order valence-electron chi connectivity index (χ0n) is 14.1. The molecule has 1 amide bonds. The van der Waals surface area contributed by atoms with Crippen LogP contribution >= 0.6 is 34.0 Å². The number of anilines is 1. The van der Waals surface area contributed by atoms with E-state index in [1.165, 1.54) is 11.3 Å². The molecule has 0 unspecified atom stereocenters. The molecule has 0 aliphatic carbocycles. The Labute approximate surface area is 162 Å². The van der Waals surface area contributed by atoms with Crippen molar-refractivity contribution in [3.63, 3.8) is 0 Å². The summed E-state index contributed by atoms with van der Waals surface area (Å²) in [4.78, 5) is 20.7. The standard InChI is InChI=1S/C18H15N3O2S3/c1-3-11-14(10(2)23-21-11)17(22)20-18-19-15(12-6-4-8-24-12)16(26-18)13-7-5-9-25-13/h4-9H,3H2,1-2H3,(H,19,20,22). The number of aryl methyl sites for hydroxylation is 2. The molecule has 132 valence electrons. The third-order valence-electron chi connectivity index (χ3n) is 3.84. The van der Waals surface area contributed by atoms with Gasteiger partial charge in [0.1, 0.15) is 17.0 Å². The molecule has 0 radical (unpaired) electrons. The highest BCUT2D eigenvalue weighted by atomic mass is 32.1. The minimum absolute atomic E-state index is 0.232. The summed E-state index contributed by atoms with van der Waals surface area (Å²) in [5, 5.41) is 11.5. The molecule has 26 heavy (non-hydrogen) atoms. The molecule has 4 heterocycles. The Morgan fingerprint density at radius 3 is 2.58 bits per heavy atom. The van der Waals surface area contributed by atoms with Crippen molar-refractivity contribution in [2.75, 3.05) is 5.32 Å². The number of hydrogen-bond donors (Lipinski definition) is 1. The Bertz CT molecular complexity index is 979. The number of rotatable bonds is 5. The molecule has 0 saturated heterocycles. The second-order valence-electron chi connectivity index (χ2n) is 5.52. The van der Waals surface area contributed by atoms with Crippen molar-refractivity contribution in [2.45, 2.75) is 20.3 Å². The average molecular weight is 402 g/mol. The first-order chi connectivity index (χ1) is 12.7. The van der Waals surface area contributed by atoms with Gasteiger partial charge in [0.15, 0.2) is 5.13 Å². The summed E-state index contributed by atoms with van der Waals surface area (Å²) in [6.07, 6.45) is 0.638. The van der Waals surface area contributed by atoms with E-state index in [1.807, 2.05) is 35.9 Å². The predicted molar refractivity (Wildman–Crippen MR) is 107 cm³/mol. The normalized spacial score (nSPS) is 11.0. The van der Waals surface area contributed by atoms with Gasteiger partial charge in [0.25, 0.3) is 5.91 Å². The molecular weight excluding hydrogens is 386 g/mol. The Morgan fingerprint density at radius 2 is 1.92 bits per heavy atom. The second-order valence-corrected chi connectivity index (χ2v) is 8.41. The molecule has 0 spiro atoms. The van der Waals surface area contributed by atoms with E-state index < -0.39 is 0 Å². The van der Waals surface area contributed by atoms with Crippen LogP contribution < -0.4 is 5.32 Å². The number of amides is 1. The van der Waals surface area contributed by atoms with Crippen molar-refractivity contribution in [1.82, 2.24) is 10.1 Å². The zero-order valence-corrected chi connectivity index (χ0v) is 16.6. The van der Waals surface area contributed by atoms with Crippen molar-refractivity contribution in [3.05, 3.63) is 52.0 Å². The minimum Gasteiger partial charge on any atom is -0.361 e. The lowest BCUT2D eigenvalue weighted by molar-refractivity contribution is 0.102. The van der Waals surface area contributed by atoms with Crippen molar-refractivity contribution < 1.29 is 9.32 Å². The molecular formula is C18H15N3O2S3. The van der Waals surface area contributed by atoms with Gasteiger partial charge in [0.05, 0.1) is 15.4 Å². The number of nitrogens with one attached hydrogen (secondary N) is 1. The van der Waals surface area contributed by atoms with E-state index in [-0.39, 0.29) is 5.91 Å². The number of nitrogens with zero attached hydrogens (tertiary/aromatic N) is 2. The smallest absolute Gasteiger partial charge is 0.262 e. The maximum absolute atomic E-state index is 12.7. The largest absolute Gasteiger partial charge is 0.361 e.